The van der Waals surface area contributed by atoms with Crippen LogP contribution in [0.25, 0.3) is 0 Å². The fourth-order valence-electron chi connectivity index (χ4n) is 1.25. The van der Waals surface area contributed by atoms with E-state index in [4.69, 9.17) is 4.74 Å². The smallest absolute Gasteiger partial charge is 0.238 e. The molecule has 0 aliphatic carbocycles. The first kappa shape index (κ1) is 17.4. The minimum Gasteiger partial charge on any atom is -0.383 e. The zero-order chi connectivity index (χ0) is 12.7. The molecule has 1 aromatic carbocycles. The molecule has 0 aliphatic rings. The Hall–Kier alpha value is -0.620. The summed E-state index contributed by atoms with van der Waals surface area (Å²) in [6.07, 6.45) is 0. The molecule has 102 valence electrons. The number of anilines is 1. The van der Waals surface area contributed by atoms with Gasteiger partial charge in [0.15, 0.2) is 0 Å². The number of ether oxygens (including phenoxy) is 1. The number of benzene rings is 1. The van der Waals surface area contributed by atoms with Crippen LogP contribution in [0.5, 0.6) is 0 Å². The van der Waals surface area contributed by atoms with Crippen molar-refractivity contribution < 1.29 is 9.53 Å². The van der Waals surface area contributed by atoms with E-state index in [0.717, 1.165) is 15.7 Å². The Morgan fingerprint density at radius 1 is 1.44 bits per heavy atom. The molecule has 0 saturated carbocycles. The summed E-state index contributed by atoms with van der Waals surface area (Å²) in [4.78, 5) is 11.5. The van der Waals surface area contributed by atoms with Crippen LogP contribution >= 0.6 is 28.3 Å². The van der Waals surface area contributed by atoms with Gasteiger partial charge in [0.1, 0.15) is 0 Å². The lowest BCUT2D eigenvalue weighted by Crippen LogP contribution is -2.30. The standard InChI is InChI=1S/C12H17BrN2O2.ClH/c1-9-3-4-10(7-11(9)13)15-12(16)8-14-5-6-17-2;/h3-4,7,14H,5-6,8H2,1-2H3,(H,15,16);1H. The van der Waals surface area contributed by atoms with Crippen LogP contribution in [-0.4, -0.2) is 32.7 Å². The predicted octanol–water partition coefficient (Wildman–Crippen LogP) is 2.35. The number of rotatable bonds is 6. The Balaban J connectivity index is 0.00000289. The number of aryl methyl sites for hydroxylation is 1. The van der Waals surface area contributed by atoms with Crippen molar-refractivity contribution in [3.63, 3.8) is 0 Å². The zero-order valence-electron chi connectivity index (χ0n) is 10.5. The number of hydrogen-bond acceptors (Lipinski definition) is 3. The van der Waals surface area contributed by atoms with Gasteiger partial charge in [0.05, 0.1) is 13.2 Å². The number of carbonyl (C=O) groups excluding carboxylic acids is 1. The normalized spacial score (nSPS) is 9.72. The second-order valence-corrected chi connectivity index (χ2v) is 4.54. The van der Waals surface area contributed by atoms with E-state index in [1.165, 1.54) is 0 Å². The average molecular weight is 338 g/mol. The van der Waals surface area contributed by atoms with Crippen LogP contribution in [0.1, 0.15) is 5.56 Å². The summed E-state index contributed by atoms with van der Waals surface area (Å²) >= 11 is 3.43. The highest BCUT2D eigenvalue weighted by atomic mass is 79.9. The van der Waals surface area contributed by atoms with E-state index in [2.05, 4.69) is 26.6 Å². The van der Waals surface area contributed by atoms with E-state index in [1.807, 2.05) is 25.1 Å². The van der Waals surface area contributed by atoms with Gasteiger partial charge in [-0.25, -0.2) is 0 Å². The molecule has 0 aromatic heterocycles. The molecule has 0 unspecified atom stereocenters. The average Bonchev–Trinajstić information content (AvgIpc) is 2.30. The van der Waals surface area contributed by atoms with E-state index in [0.29, 0.717) is 13.2 Å². The minimum absolute atomic E-state index is 0. The van der Waals surface area contributed by atoms with Gasteiger partial charge in [-0.2, -0.15) is 0 Å². The Labute approximate surface area is 122 Å². The summed E-state index contributed by atoms with van der Waals surface area (Å²) in [6.45, 7) is 3.56. The topological polar surface area (TPSA) is 50.4 Å². The highest BCUT2D eigenvalue weighted by molar-refractivity contribution is 9.10. The number of methoxy groups -OCH3 is 1. The van der Waals surface area contributed by atoms with Crippen molar-refractivity contribution in [2.24, 2.45) is 0 Å². The van der Waals surface area contributed by atoms with E-state index in [-0.39, 0.29) is 24.9 Å². The molecule has 0 spiro atoms. The van der Waals surface area contributed by atoms with Gasteiger partial charge in [0, 0.05) is 23.8 Å². The molecule has 0 fully saturated rings. The van der Waals surface area contributed by atoms with Gasteiger partial charge in [-0.15, -0.1) is 12.4 Å². The van der Waals surface area contributed by atoms with Gasteiger partial charge in [0.2, 0.25) is 5.91 Å². The van der Waals surface area contributed by atoms with Crippen LogP contribution in [0.15, 0.2) is 22.7 Å². The van der Waals surface area contributed by atoms with Crippen LogP contribution in [0.4, 0.5) is 5.69 Å². The van der Waals surface area contributed by atoms with Crippen molar-refractivity contribution >= 4 is 39.9 Å². The van der Waals surface area contributed by atoms with Gasteiger partial charge in [-0.3, -0.25) is 4.79 Å². The minimum atomic E-state index is -0.0585. The monoisotopic (exact) mass is 336 g/mol. The molecule has 0 bridgehead atoms. The first-order chi connectivity index (χ1) is 8.13. The van der Waals surface area contributed by atoms with Crippen molar-refractivity contribution in [3.8, 4) is 0 Å². The van der Waals surface area contributed by atoms with Gasteiger partial charge >= 0.3 is 0 Å². The second kappa shape index (κ2) is 9.33. The third kappa shape index (κ3) is 6.35. The molecule has 0 aliphatic heterocycles. The molecule has 1 rings (SSSR count). The van der Waals surface area contributed by atoms with Crippen LogP contribution in [0.2, 0.25) is 0 Å². The highest BCUT2D eigenvalue weighted by Crippen LogP contribution is 2.20. The van der Waals surface area contributed by atoms with Crippen molar-refractivity contribution in [3.05, 3.63) is 28.2 Å². The summed E-state index contributed by atoms with van der Waals surface area (Å²) in [5.74, 6) is -0.0585. The molecule has 2 N–H and O–H groups in total. The molecule has 18 heavy (non-hydrogen) atoms. The molecule has 0 atom stereocenters. The van der Waals surface area contributed by atoms with E-state index in [1.54, 1.807) is 7.11 Å². The van der Waals surface area contributed by atoms with Crippen molar-refractivity contribution in [1.29, 1.82) is 0 Å². The first-order valence-corrected chi connectivity index (χ1v) is 6.18. The number of carbonyl (C=O) groups is 1. The Morgan fingerprint density at radius 3 is 2.78 bits per heavy atom. The van der Waals surface area contributed by atoms with Crippen LogP contribution in [0, 0.1) is 6.92 Å². The summed E-state index contributed by atoms with van der Waals surface area (Å²) in [5.41, 5.74) is 1.93. The Bertz CT molecular complexity index is 388. The fraction of sp³-hybridized carbons (Fsp3) is 0.417. The van der Waals surface area contributed by atoms with E-state index >= 15 is 0 Å². The number of hydrogen-bond donors (Lipinski definition) is 2. The largest absolute Gasteiger partial charge is 0.383 e. The number of amides is 1. The fourth-order valence-corrected chi connectivity index (χ4v) is 1.63. The molecule has 1 amide bonds. The molecule has 1 aromatic rings. The lowest BCUT2D eigenvalue weighted by Gasteiger charge is -2.07. The van der Waals surface area contributed by atoms with E-state index in [9.17, 15) is 4.79 Å². The molecule has 6 heteroatoms. The van der Waals surface area contributed by atoms with Crippen molar-refractivity contribution in [1.82, 2.24) is 5.32 Å². The van der Waals surface area contributed by atoms with Crippen molar-refractivity contribution in [2.75, 3.05) is 32.1 Å². The summed E-state index contributed by atoms with van der Waals surface area (Å²) in [5, 5.41) is 5.80. The molecule has 0 radical (unpaired) electrons. The van der Waals surface area contributed by atoms with Crippen LogP contribution < -0.4 is 10.6 Å². The lowest BCUT2D eigenvalue weighted by molar-refractivity contribution is -0.115. The molecular weight excluding hydrogens is 320 g/mol. The van der Waals surface area contributed by atoms with Gasteiger partial charge < -0.3 is 15.4 Å². The summed E-state index contributed by atoms with van der Waals surface area (Å²) in [7, 11) is 1.63. The van der Waals surface area contributed by atoms with E-state index < -0.39 is 0 Å². The SMILES string of the molecule is COCCNCC(=O)Nc1ccc(C)c(Br)c1.Cl. The predicted molar refractivity (Wildman–Crippen MR) is 79.5 cm³/mol. The van der Waals surface area contributed by atoms with Crippen LogP contribution in [0.3, 0.4) is 0 Å². The second-order valence-electron chi connectivity index (χ2n) is 3.68. The third-order valence-corrected chi connectivity index (χ3v) is 3.08. The third-order valence-electron chi connectivity index (χ3n) is 2.22. The molecule has 4 nitrogen and oxygen atoms in total. The van der Waals surface area contributed by atoms with Crippen LogP contribution in [-0.2, 0) is 9.53 Å². The Kier molecular flexibility index (Phi) is 9.01. The quantitative estimate of drug-likeness (QED) is 0.784. The molecule has 0 heterocycles. The maximum Gasteiger partial charge on any atom is 0.238 e. The summed E-state index contributed by atoms with van der Waals surface area (Å²) in [6, 6.07) is 5.73. The molecule has 0 saturated heterocycles. The summed E-state index contributed by atoms with van der Waals surface area (Å²) < 4.78 is 5.86. The van der Waals surface area contributed by atoms with Gasteiger partial charge in [-0.05, 0) is 24.6 Å². The molecular formula is C12H18BrClN2O2. The van der Waals surface area contributed by atoms with Gasteiger partial charge in [0.25, 0.3) is 0 Å². The highest BCUT2D eigenvalue weighted by Gasteiger charge is 2.02. The first-order valence-electron chi connectivity index (χ1n) is 5.39. The maximum atomic E-state index is 11.5. The lowest BCUT2D eigenvalue weighted by atomic mass is 10.2. The maximum absolute atomic E-state index is 11.5. The number of halogens is 2. The van der Waals surface area contributed by atoms with Gasteiger partial charge in [-0.1, -0.05) is 22.0 Å². The van der Waals surface area contributed by atoms with Crippen molar-refractivity contribution in [2.45, 2.75) is 6.92 Å². The Morgan fingerprint density at radius 2 is 2.17 bits per heavy atom. The zero-order valence-corrected chi connectivity index (χ0v) is 12.9. The number of nitrogens with one attached hydrogen (secondary N) is 2.